The molecule has 1 aliphatic carbocycles. The molecule has 0 amide bonds. The Balaban J connectivity index is 1.53. The van der Waals surface area contributed by atoms with E-state index < -0.39 is 0 Å². The Hall–Kier alpha value is -1.46. The molecule has 5 heteroatoms. The van der Waals surface area contributed by atoms with Gasteiger partial charge in [-0.25, -0.2) is 0 Å². The highest BCUT2D eigenvalue weighted by Crippen LogP contribution is 2.30. The second kappa shape index (κ2) is 8.58. The van der Waals surface area contributed by atoms with Gasteiger partial charge in [-0.15, -0.1) is 0 Å². The van der Waals surface area contributed by atoms with Crippen molar-refractivity contribution in [2.75, 3.05) is 57.1 Å². The number of hydrogen-bond donors (Lipinski definition) is 1. The molecule has 1 aromatic rings. The van der Waals surface area contributed by atoms with Gasteiger partial charge in [0.05, 0.1) is 18.0 Å². The monoisotopic (exact) mass is 333 g/mol. The van der Waals surface area contributed by atoms with E-state index in [0.717, 1.165) is 49.3 Å². The van der Waals surface area contributed by atoms with Gasteiger partial charge >= 0.3 is 0 Å². The third kappa shape index (κ3) is 4.33. The highest BCUT2D eigenvalue weighted by molar-refractivity contribution is 5.69. The molecule has 2 aliphatic rings. The summed E-state index contributed by atoms with van der Waals surface area (Å²) in [6, 6.07) is 6.84. The highest BCUT2D eigenvalue weighted by Gasteiger charge is 2.25. The van der Waals surface area contributed by atoms with Gasteiger partial charge in [-0.1, -0.05) is 19.3 Å². The van der Waals surface area contributed by atoms with E-state index in [9.17, 15) is 0 Å². The molecule has 0 radical (unpaired) electrons. The van der Waals surface area contributed by atoms with Gasteiger partial charge in [0, 0.05) is 45.4 Å². The Bertz CT molecular complexity index is 509. The minimum atomic E-state index is 0.551. The molecule has 2 fully saturated rings. The molecule has 0 unspecified atom stereocenters. The van der Waals surface area contributed by atoms with Gasteiger partial charge in [0.1, 0.15) is 12.4 Å². The molecule has 3 rings (SSSR count). The van der Waals surface area contributed by atoms with Gasteiger partial charge in [0.25, 0.3) is 0 Å². The molecule has 0 aromatic heterocycles. The summed E-state index contributed by atoms with van der Waals surface area (Å²) in [6.45, 7) is 5.56. The summed E-state index contributed by atoms with van der Waals surface area (Å²) in [7, 11) is 1.67. The summed E-state index contributed by atoms with van der Waals surface area (Å²) >= 11 is 0. The first-order valence-corrected chi connectivity index (χ1v) is 9.28. The zero-order chi connectivity index (χ0) is 16.8. The number of anilines is 2. The smallest absolute Gasteiger partial charge is 0.121 e. The third-order valence-electron chi connectivity index (χ3n) is 5.30. The van der Waals surface area contributed by atoms with Crippen molar-refractivity contribution in [3.8, 4) is 5.75 Å². The molecule has 1 saturated heterocycles. The number of ether oxygens (including phenoxy) is 2. The number of nitrogens with two attached hydrogens (primary N) is 1. The zero-order valence-electron chi connectivity index (χ0n) is 14.9. The topological polar surface area (TPSA) is 51.0 Å². The van der Waals surface area contributed by atoms with Crippen molar-refractivity contribution in [2.45, 2.75) is 38.1 Å². The molecule has 2 N–H and O–H groups in total. The van der Waals surface area contributed by atoms with Crippen LogP contribution in [0, 0.1) is 0 Å². The predicted octanol–water partition coefficient (Wildman–Crippen LogP) is 2.75. The zero-order valence-corrected chi connectivity index (χ0v) is 14.9. The van der Waals surface area contributed by atoms with Crippen LogP contribution < -0.4 is 15.4 Å². The summed E-state index contributed by atoms with van der Waals surface area (Å²) < 4.78 is 10.6. The molecule has 1 heterocycles. The van der Waals surface area contributed by atoms with E-state index in [1.165, 1.54) is 32.1 Å². The molecule has 0 bridgehead atoms. The minimum absolute atomic E-state index is 0.551. The number of piperazine rings is 1. The largest absolute Gasteiger partial charge is 0.491 e. The van der Waals surface area contributed by atoms with Crippen molar-refractivity contribution in [2.24, 2.45) is 0 Å². The van der Waals surface area contributed by atoms with Crippen molar-refractivity contribution in [1.29, 1.82) is 0 Å². The first-order valence-electron chi connectivity index (χ1n) is 9.28. The number of benzene rings is 1. The van der Waals surface area contributed by atoms with Crippen LogP contribution in [-0.4, -0.2) is 57.4 Å². The fourth-order valence-electron chi connectivity index (χ4n) is 3.93. The van der Waals surface area contributed by atoms with Crippen LogP contribution in [0.5, 0.6) is 5.75 Å². The van der Waals surface area contributed by atoms with E-state index >= 15 is 0 Å². The van der Waals surface area contributed by atoms with Crippen LogP contribution in [0.15, 0.2) is 18.2 Å². The summed E-state index contributed by atoms with van der Waals surface area (Å²) in [4.78, 5) is 5.10. The molecule has 134 valence electrons. The van der Waals surface area contributed by atoms with Crippen LogP contribution in [0.1, 0.15) is 32.1 Å². The van der Waals surface area contributed by atoms with E-state index in [1.807, 2.05) is 12.1 Å². The second-order valence-corrected chi connectivity index (χ2v) is 6.88. The third-order valence-corrected chi connectivity index (χ3v) is 5.30. The van der Waals surface area contributed by atoms with E-state index in [1.54, 1.807) is 7.11 Å². The molecule has 0 atom stereocenters. The van der Waals surface area contributed by atoms with Gasteiger partial charge in [-0.2, -0.15) is 0 Å². The molecule has 24 heavy (non-hydrogen) atoms. The average molecular weight is 333 g/mol. The molecule has 0 spiro atoms. The molecule has 1 aliphatic heterocycles. The Morgan fingerprint density at radius 1 is 1.04 bits per heavy atom. The van der Waals surface area contributed by atoms with Crippen LogP contribution in [0.4, 0.5) is 11.4 Å². The maximum absolute atomic E-state index is 6.27. The van der Waals surface area contributed by atoms with Crippen molar-refractivity contribution < 1.29 is 9.47 Å². The summed E-state index contributed by atoms with van der Waals surface area (Å²) in [6.07, 6.45) is 7.00. The van der Waals surface area contributed by atoms with Crippen molar-refractivity contribution in [1.82, 2.24) is 4.90 Å². The lowest BCUT2D eigenvalue weighted by Gasteiger charge is -2.41. The van der Waals surface area contributed by atoms with Crippen molar-refractivity contribution >= 4 is 11.4 Å². The van der Waals surface area contributed by atoms with Gasteiger partial charge in [0.15, 0.2) is 0 Å². The Morgan fingerprint density at radius 2 is 1.79 bits per heavy atom. The summed E-state index contributed by atoms with van der Waals surface area (Å²) in [5, 5.41) is 0. The van der Waals surface area contributed by atoms with Crippen LogP contribution in [-0.2, 0) is 4.74 Å². The van der Waals surface area contributed by atoms with Gasteiger partial charge in [0.2, 0.25) is 0 Å². The van der Waals surface area contributed by atoms with Crippen molar-refractivity contribution in [3.63, 3.8) is 0 Å². The van der Waals surface area contributed by atoms with Crippen molar-refractivity contribution in [3.05, 3.63) is 18.2 Å². The molecular weight excluding hydrogens is 302 g/mol. The second-order valence-electron chi connectivity index (χ2n) is 6.88. The molecule has 1 saturated carbocycles. The summed E-state index contributed by atoms with van der Waals surface area (Å²) in [5.41, 5.74) is 8.21. The van der Waals surface area contributed by atoms with Gasteiger partial charge < -0.3 is 20.1 Å². The van der Waals surface area contributed by atoms with Crippen LogP contribution in [0.3, 0.4) is 0 Å². The SMILES string of the molecule is COCCOc1ccc(N2CCN(C3CCCCC3)CC2)c(N)c1. The minimum Gasteiger partial charge on any atom is -0.491 e. The normalized spacial score (nSPS) is 20.3. The Kier molecular flexibility index (Phi) is 6.21. The van der Waals surface area contributed by atoms with E-state index in [4.69, 9.17) is 15.2 Å². The van der Waals surface area contributed by atoms with E-state index in [0.29, 0.717) is 13.2 Å². The summed E-state index contributed by atoms with van der Waals surface area (Å²) in [5.74, 6) is 0.814. The maximum atomic E-state index is 6.27. The number of nitrogen functional groups attached to an aromatic ring is 1. The lowest BCUT2D eigenvalue weighted by Crippen LogP contribution is -2.51. The maximum Gasteiger partial charge on any atom is 0.121 e. The fraction of sp³-hybridized carbons (Fsp3) is 0.684. The number of rotatable bonds is 6. The standard InChI is InChI=1S/C19H31N3O2/c1-23-13-14-24-17-7-8-19(18(20)15-17)22-11-9-21(10-12-22)16-5-3-2-4-6-16/h7-8,15-16H,2-6,9-14,20H2,1H3. The quantitative estimate of drug-likeness (QED) is 0.641. The highest BCUT2D eigenvalue weighted by atomic mass is 16.5. The number of methoxy groups -OCH3 is 1. The first kappa shape index (κ1) is 17.4. The van der Waals surface area contributed by atoms with Crippen LogP contribution in [0.25, 0.3) is 0 Å². The van der Waals surface area contributed by atoms with Crippen LogP contribution >= 0.6 is 0 Å². The number of nitrogens with zero attached hydrogens (tertiary/aromatic N) is 2. The lowest BCUT2D eigenvalue weighted by atomic mass is 9.94. The lowest BCUT2D eigenvalue weighted by molar-refractivity contribution is 0.146. The average Bonchev–Trinajstić information content (AvgIpc) is 2.63. The number of hydrogen-bond acceptors (Lipinski definition) is 5. The molecular formula is C19H31N3O2. The fourth-order valence-corrected chi connectivity index (χ4v) is 3.93. The predicted molar refractivity (Wildman–Crippen MR) is 98.9 cm³/mol. The van der Waals surface area contributed by atoms with E-state index in [2.05, 4.69) is 15.9 Å². The molecule has 5 nitrogen and oxygen atoms in total. The molecule has 1 aromatic carbocycles. The Morgan fingerprint density at radius 3 is 2.46 bits per heavy atom. The Labute approximate surface area is 145 Å². The van der Waals surface area contributed by atoms with Gasteiger partial charge in [-0.3, -0.25) is 4.90 Å². The first-order chi connectivity index (χ1) is 11.8. The van der Waals surface area contributed by atoms with Gasteiger partial charge in [-0.05, 0) is 25.0 Å². The van der Waals surface area contributed by atoms with E-state index in [-0.39, 0.29) is 0 Å². The van der Waals surface area contributed by atoms with Crippen LogP contribution in [0.2, 0.25) is 0 Å².